The number of anilines is 3. The van der Waals surface area contributed by atoms with E-state index in [2.05, 4.69) is 42.9 Å². The van der Waals surface area contributed by atoms with E-state index in [1.807, 2.05) is 53.1 Å². The number of aryl methyl sites for hydroxylation is 1. The second-order valence-electron chi connectivity index (χ2n) is 7.03. The summed E-state index contributed by atoms with van der Waals surface area (Å²) >= 11 is 0. The zero-order chi connectivity index (χ0) is 21.2. The molecule has 5 aromatic rings. The molecule has 0 amide bonds. The summed E-state index contributed by atoms with van der Waals surface area (Å²) in [7, 11) is 1.90. The third-order valence-electron chi connectivity index (χ3n) is 4.92. The van der Waals surface area contributed by atoms with Crippen molar-refractivity contribution in [2.75, 3.05) is 17.3 Å². The fourth-order valence-electron chi connectivity index (χ4n) is 3.45. The molecule has 4 heterocycles. The standard InChI is InChI=1S/C21H21N9O/c1-28-13-16(12-25-28)15-3-2-4-17(11-15)27-30-7-5-18-19(23-14-24-20(18)30)26-21-22-6-8-29(21)9-10-31/h2-8,11-14,27,31H,9-10H2,1H3,(H,22,23,24,26). The van der Waals surface area contributed by atoms with Crippen LogP contribution in [0.3, 0.4) is 0 Å². The molecule has 156 valence electrons. The predicted octanol–water partition coefficient (Wildman–Crippen LogP) is 2.64. The highest BCUT2D eigenvalue weighted by Gasteiger charge is 2.11. The third kappa shape index (κ3) is 3.71. The number of hydrogen-bond acceptors (Lipinski definition) is 7. The molecule has 3 N–H and O–H groups in total. The lowest BCUT2D eigenvalue weighted by atomic mass is 10.1. The summed E-state index contributed by atoms with van der Waals surface area (Å²) in [6.45, 7) is 0.481. The van der Waals surface area contributed by atoms with Gasteiger partial charge in [0.05, 0.1) is 23.9 Å². The van der Waals surface area contributed by atoms with Crippen LogP contribution in [-0.4, -0.2) is 45.7 Å². The highest BCUT2D eigenvalue weighted by Crippen LogP contribution is 2.25. The van der Waals surface area contributed by atoms with E-state index in [1.54, 1.807) is 17.1 Å². The highest BCUT2D eigenvalue weighted by atomic mass is 16.3. The number of fused-ring (bicyclic) bond motifs is 1. The second-order valence-corrected chi connectivity index (χ2v) is 7.03. The molecule has 0 unspecified atom stereocenters. The average Bonchev–Trinajstić information content (AvgIpc) is 3.50. The number of benzene rings is 1. The van der Waals surface area contributed by atoms with Crippen molar-refractivity contribution in [1.29, 1.82) is 0 Å². The first-order valence-corrected chi connectivity index (χ1v) is 9.78. The van der Waals surface area contributed by atoms with Crippen LogP contribution in [0.4, 0.5) is 17.5 Å². The van der Waals surface area contributed by atoms with Crippen LogP contribution in [-0.2, 0) is 13.6 Å². The molecule has 0 aliphatic carbocycles. The molecule has 0 spiro atoms. The van der Waals surface area contributed by atoms with Crippen LogP contribution < -0.4 is 10.7 Å². The molecule has 0 bridgehead atoms. The Morgan fingerprint density at radius 1 is 1.06 bits per heavy atom. The Balaban J connectivity index is 1.43. The van der Waals surface area contributed by atoms with Crippen molar-refractivity contribution >= 4 is 28.5 Å². The van der Waals surface area contributed by atoms with E-state index >= 15 is 0 Å². The number of hydrogen-bond donors (Lipinski definition) is 3. The molecular formula is C21H21N9O. The summed E-state index contributed by atoms with van der Waals surface area (Å²) in [4.78, 5) is 13.1. The lowest BCUT2D eigenvalue weighted by Crippen LogP contribution is -2.09. The van der Waals surface area contributed by atoms with Crippen molar-refractivity contribution in [3.63, 3.8) is 0 Å². The first kappa shape index (κ1) is 18.8. The van der Waals surface area contributed by atoms with E-state index in [0.717, 1.165) is 27.8 Å². The molecule has 0 aliphatic rings. The molecule has 0 saturated heterocycles. The van der Waals surface area contributed by atoms with Crippen LogP contribution in [0.25, 0.3) is 22.2 Å². The van der Waals surface area contributed by atoms with E-state index < -0.39 is 0 Å². The summed E-state index contributed by atoms with van der Waals surface area (Å²) < 4.78 is 5.46. The lowest BCUT2D eigenvalue weighted by molar-refractivity contribution is 0.277. The van der Waals surface area contributed by atoms with Gasteiger partial charge in [0.1, 0.15) is 12.1 Å². The Morgan fingerprint density at radius 3 is 2.84 bits per heavy atom. The van der Waals surface area contributed by atoms with E-state index in [-0.39, 0.29) is 6.61 Å². The molecule has 5 rings (SSSR count). The molecule has 10 heteroatoms. The van der Waals surface area contributed by atoms with Crippen LogP contribution >= 0.6 is 0 Å². The molecule has 0 radical (unpaired) electrons. The molecular weight excluding hydrogens is 394 g/mol. The van der Waals surface area contributed by atoms with Gasteiger partial charge in [-0.25, -0.2) is 19.6 Å². The second kappa shape index (κ2) is 7.92. The molecule has 31 heavy (non-hydrogen) atoms. The maximum Gasteiger partial charge on any atom is 0.208 e. The first-order chi connectivity index (χ1) is 15.2. The van der Waals surface area contributed by atoms with Gasteiger partial charge < -0.3 is 15.0 Å². The Bertz CT molecular complexity index is 1330. The van der Waals surface area contributed by atoms with Crippen LogP contribution in [0.2, 0.25) is 0 Å². The number of nitrogens with one attached hydrogen (secondary N) is 2. The molecule has 4 aromatic heterocycles. The van der Waals surface area contributed by atoms with Crippen molar-refractivity contribution in [3.8, 4) is 11.1 Å². The van der Waals surface area contributed by atoms with Gasteiger partial charge in [-0.3, -0.25) is 10.1 Å². The summed E-state index contributed by atoms with van der Waals surface area (Å²) in [5.74, 6) is 1.25. The summed E-state index contributed by atoms with van der Waals surface area (Å²) in [5, 5.41) is 17.5. The van der Waals surface area contributed by atoms with Crippen molar-refractivity contribution in [3.05, 3.63) is 67.6 Å². The van der Waals surface area contributed by atoms with Crippen LogP contribution in [0, 0.1) is 0 Å². The monoisotopic (exact) mass is 415 g/mol. The Hall–Kier alpha value is -4.18. The number of imidazole rings is 1. The van der Waals surface area contributed by atoms with E-state index in [0.29, 0.717) is 18.3 Å². The number of nitrogens with zero attached hydrogens (tertiary/aromatic N) is 7. The summed E-state index contributed by atoms with van der Waals surface area (Å²) in [5.41, 5.74) is 7.15. The van der Waals surface area contributed by atoms with Crippen molar-refractivity contribution in [1.82, 2.24) is 34.0 Å². The highest BCUT2D eigenvalue weighted by molar-refractivity contribution is 5.89. The predicted molar refractivity (Wildman–Crippen MR) is 118 cm³/mol. The molecule has 0 saturated carbocycles. The van der Waals surface area contributed by atoms with Gasteiger partial charge in [0.25, 0.3) is 0 Å². The third-order valence-corrected chi connectivity index (χ3v) is 4.92. The Kier molecular flexibility index (Phi) is 4.81. The lowest BCUT2D eigenvalue weighted by Gasteiger charge is -2.11. The summed E-state index contributed by atoms with van der Waals surface area (Å²) in [6.07, 6.45) is 10.7. The molecule has 0 fully saturated rings. The minimum absolute atomic E-state index is 0.0304. The molecule has 0 atom stereocenters. The zero-order valence-corrected chi connectivity index (χ0v) is 16.8. The van der Waals surface area contributed by atoms with E-state index in [9.17, 15) is 5.11 Å². The topological polar surface area (TPSA) is 111 Å². The SMILES string of the molecule is Cn1cc(-c2cccc(Nn3ccc4c(Nc5nccn5CCO)ncnc43)c2)cn1. The number of aromatic nitrogens is 7. The normalized spacial score (nSPS) is 11.2. The maximum atomic E-state index is 9.22. The smallest absolute Gasteiger partial charge is 0.208 e. The van der Waals surface area contributed by atoms with Crippen molar-refractivity contribution in [2.45, 2.75) is 6.54 Å². The van der Waals surface area contributed by atoms with Gasteiger partial charge in [0, 0.05) is 43.9 Å². The number of rotatable bonds is 7. The van der Waals surface area contributed by atoms with Crippen molar-refractivity contribution < 1.29 is 5.11 Å². The zero-order valence-electron chi connectivity index (χ0n) is 16.8. The van der Waals surface area contributed by atoms with Crippen LogP contribution in [0.5, 0.6) is 0 Å². The van der Waals surface area contributed by atoms with Gasteiger partial charge in [-0.1, -0.05) is 12.1 Å². The fraction of sp³-hybridized carbons (Fsp3) is 0.143. The molecule has 10 nitrogen and oxygen atoms in total. The largest absolute Gasteiger partial charge is 0.395 e. The van der Waals surface area contributed by atoms with E-state index in [4.69, 9.17) is 0 Å². The minimum atomic E-state index is 0.0304. The fourth-order valence-corrected chi connectivity index (χ4v) is 3.45. The average molecular weight is 415 g/mol. The van der Waals surface area contributed by atoms with Gasteiger partial charge in [-0.05, 0) is 23.8 Å². The molecule has 1 aromatic carbocycles. The summed E-state index contributed by atoms with van der Waals surface area (Å²) in [6, 6.07) is 10.1. The number of aliphatic hydroxyl groups is 1. The van der Waals surface area contributed by atoms with Crippen LogP contribution in [0.1, 0.15) is 0 Å². The number of aliphatic hydroxyl groups excluding tert-OH is 1. The van der Waals surface area contributed by atoms with E-state index in [1.165, 1.54) is 6.33 Å². The van der Waals surface area contributed by atoms with Crippen molar-refractivity contribution in [2.24, 2.45) is 7.05 Å². The first-order valence-electron chi connectivity index (χ1n) is 9.78. The Morgan fingerprint density at radius 2 is 2.00 bits per heavy atom. The van der Waals surface area contributed by atoms with Gasteiger partial charge in [0.2, 0.25) is 5.95 Å². The quantitative estimate of drug-likeness (QED) is 0.375. The van der Waals surface area contributed by atoms with Gasteiger partial charge in [0.15, 0.2) is 5.65 Å². The minimum Gasteiger partial charge on any atom is -0.395 e. The van der Waals surface area contributed by atoms with Crippen LogP contribution in [0.15, 0.2) is 67.6 Å². The van der Waals surface area contributed by atoms with Gasteiger partial charge in [-0.2, -0.15) is 5.10 Å². The van der Waals surface area contributed by atoms with Gasteiger partial charge in [-0.15, -0.1) is 0 Å². The van der Waals surface area contributed by atoms with Gasteiger partial charge >= 0.3 is 0 Å². The Labute approximate surface area is 177 Å². The molecule has 0 aliphatic heterocycles. The maximum absolute atomic E-state index is 9.22.